The van der Waals surface area contributed by atoms with E-state index in [1.165, 1.54) is 0 Å². The molecule has 1 saturated heterocycles. The number of thiophene rings is 1. The van der Waals surface area contributed by atoms with Gasteiger partial charge < -0.3 is 4.42 Å². The summed E-state index contributed by atoms with van der Waals surface area (Å²) >= 11 is 1.56. The molecule has 0 N–H and O–H groups in total. The molecule has 0 amide bonds. The summed E-state index contributed by atoms with van der Waals surface area (Å²) < 4.78 is 32.5. The summed E-state index contributed by atoms with van der Waals surface area (Å²) in [5.41, 5.74) is 0.812. The van der Waals surface area contributed by atoms with E-state index in [4.69, 9.17) is 4.42 Å². The summed E-state index contributed by atoms with van der Waals surface area (Å²) in [6.45, 7) is 2.77. The molecule has 3 heterocycles. The molecule has 27 heavy (non-hydrogen) atoms. The summed E-state index contributed by atoms with van der Waals surface area (Å²) in [5.74, 6) is 1.13. The van der Waals surface area contributed by atoms with E-state index in [0.717, 1.165) is 10.4 Å². The van der Waals surface area contributed by atoms with Gasteiger partial charge in [-0.1, -0.05) is 36.4 Å². The molecule has 0 radical (unpaired) electrons. The van der Waals surface area contributed by atoms with Crippen molar-refractivity contribution in [3.8, 4) is 10.8 Å². The number of aromatic nitrogens is 2. The zero-order valence-corrected chi connectivity index (χ0v) is 16.3. The van der Waals surface area contributed by atoms with Crippen LogP contribution in [0.1, 0.15) is 11.5 Å². The number of benzene rings is 1. The molecule has 4 rings (SSSR count). The van der Waals surface area contributed by atoms with Crippen LogP contribution in [0.25, 0.3) is 10.8 Å². The summed E-state index contributed by atoms with van der Waals surface area (Å²) in [5, 5.41) is 10.2. The number of hydrogen-bond donors (Lipinski definition) is 0. The number of piperazine rings is 1. The zero-order chi connectivity index (χ0) is 18.7. The van der Waals surface area contributed by atoms with Gasteiger partial charge in [0.2, 0.25) is 15.9 Å². The lowest BCUT2D eigenvalue weighted by Gasteiger charge is -2.33. The smallest absolute Gasteiger partial charge is 0.257 e. The molecule has 9 heteroatoms. The maximum Gasteiger partial charge on any atom is 0.257 e. The van der Waals surface area contributed by atoms with E-state index in [2.05, 4.69) is 15.1 Å². The average Bonchev–Trinajstić information content (AvgIpc) is 3.34. The van der Waals surface area contributed by atoms with Gasteiger partial charge in [-0.15, -0.1) is 21.5 Å². The Balaban J connectivity index is 1.32. The molecule has 0 atom stereocenters. The molecule has 0 bridgehead atoms. The second-order valence-corrected chi connectivity index (χ2v) is 9.31. The van der Waals surface area contributed by atoms with Crippen LogP contribution in [0.3, 0.4) is 0 Å². The largest absolute Gasteiger partial charge is 0.419 e. The van der Waals surface area contributed by atoms with Gasteiger partial charge in [0.1, 0.15) is 0 Å². The topological polar surface area (TPSA) is 79.5 Å². The summed E-state index contributed by atoms with van der Waals surface area (Å²) in [7, 11) is -3.30. The predicted molar refractivity (Wildman–Crippen MR) is 104 cm³/mol. The Hall–Kier alpha value is -2.07. The molecular formula is C18H20N4O3S2. The first-order valence-electron chi connectivity index (χ1n) is 8.70. The highest BCUT2D eigenvalue weighted by molar-refractivity contribution is 7.88. The molecule has 0 saturated carbocycles. The van der Waals surface area contributed by atoms with Gasteiger partial charge in [0.05, 0.1) is 17.2 Å². The molecule has 2 aromatic heterocycles. The summed E-state index contributed by atoms with van der Waals surface area (Å²) in [6.07, 6.45) is 0. The minimum Gasteiger partial charge on any atom is -0.419 e. The molecule has 1 aromatic carbocycles. The first-order valence-corrected chi connectivity index (χ1v) is 11.2. The van der Waals surface area contributed by atoms with Crippen LogP contribution in [0.15, 0.2) is 52.3 Å². The van der Waals surface area contributed by atoms with Gasteiger partial charge >= 0.3 is 0 Å². The Morgan fingerprint density at radius 1 is 1.00 bits per heavy atom. The standard InChI is InChI=1S/C18H20N4O3S2/c23-27(24,14-15-5-2-1-3-6-15)22-10-8-21(9-11-22)13-17-19-20-18(25-17)16-7-4-12-26-16/h1-7,12H,8-11,13-14H2. The van der Waals surface area contributed by atoms with Crippen LogP contribution in [0, 0.1) is 0 Å². The highest BCUT2D eigenvalue weighted by atomic mass is 32.2. The fourth-order valence-corrected chi connectivity index (χ4v) is 5.21. The third-order valence-electron chi connectivity index (χ3n) is 4.47. The van der Waals surface area contributed by atoms with Crippen molar-refractivity contribution in [2.45, 2.75) is 12.3 Å². The van der Waals surface area contributed by atoms with Crippen LogP contribution in [0.4, 0.5) is 0 Å². The van der Waals surface area contributed by atoms with Crippen molar-refractivity contribution >= 4 is 21.4 Å². The molecule has 1 aliphatic heterocycles. The van der Waals surface area contributed by atoms with Gasteiger partial charge in [-0.05, 0) is 17.0 Å². The van der Waals surface area contributed by atoms with Gasteiger partial charge in [-0.2, -0.15) is 4.31 Å². The Labute approximate surface area is 162 Å². The first kappa shape index (κ1) is 18.3. The Morgan fingerprint density at radius 2 is 1.78 bits per heavy atom. The molecular weight excluding hydrogens is 384 g/mol. The lowest BCUT2D eigenvalue weighted by atomic mass is 10.2. The maximum absolute atomic E-state index is 12.6. The predicted octanol–water partition coefficient (Wildman–Crippen LogP) is 2.45. The van der Waals surface area contributed by atoms with Crippen molar-refractivity contribution in [1.29, 1.82) is 0 Å². The van der Waals surface area contributed by atoms with Crippen molar-refractivity contribution in [3.05, 3.63) is 59.3 Å². The molecule has 1 aliphatic rings. The zero-order valence-electron chi connectivity index (χ0n) is 14.7. The molecule has 7 nitrogen and oxygen atoms in total. The molecule has 0 unspecified atom stereocenters. The SMILES string of the molecule is O=S(=O)(Cc1ccccc1)N1CCN(Cc2nnc(-c3cccs3)o2)CC1. The Bertz CT molecular complexity index is 963. The third-order valence-corrected chi connectivity index (χ3v) is 7.18. The number of sulfonamides is 1. The highest BCUT2D eigenvalue weighted by Gasteiger charge is 2.27. The van der Waals surface area contributed by atoms with E-state index >= 15 is 0 Å². The number of hydrogen-bond acceptors (Lipinski definition) is 7. The van der Waals surface area contributed by atoms with Crippen molar-refractivity contribution in [2.75, 3.05) is 26.2 Å². The van der Waals surface area contributed by atoms with E-state index in [1.54, 1.807) is 15.6 Å². The van der Waals surface area contributed by atoms with Crippen LogP contribution >= 0.6 is 11.3 Å². The second kappa shape index (κ2) is 7.89. The fraction of sp³-hybridized carbons (Fsp3) is 0.333. The van der Waals surface area contributed by atoms with Crippen LogP contribution in [-0.2, 0) is 22.3 Å². The molecule has 0 aliphatic carbocycles. The van der Waals surface area contributed by atoms with Gasteiger partial charge in [-0.25, -0.2) is 8.42 Å². The Kier molecular flexibility index (Phi) is 5.35. The average molecular weight is 405 g/mol. The van der Waals surface area contributed by atoms with Gasteiger partial charge in [0, 0.05) is 26.2 Å². The lowest BCUT2D eigenvalue weighted by Crippen LogP contribution is -2.48. The van der Waals surface area contributed by atoms with Crippen molar-refractivity contribution in [3.63, 3.8) is 0 Å². The first-order chi connectivity index (χ1) is 13.1. The maximum atomic E-state index is 12.6. The summed E-state index contributed by atoms with van der Waals surface area (Å²) in [4.78, 5) is 3.09. The van der Waals surface area contributed by atoms with Crippen molar-refractivity contribution < 1.29 is 12.8 Å². The summed E-state index contributed by atoms with van der Waals surface area (Å²) in [6, 6.07) is 13.2. The fourth-order valence-electron chi connectivity index (χ4n) is 3.05. The monoisotopic (exact) mass is 404 g/mol. The van der Waals surface area contributed by atoms with E-state index < -0.39 is 10.0 Å². The number of rotatable bonds is 6. The van der Waals surface area contributed by atoms with E-state index in [1.807, 2.05) is 47.8 Å². The molecule has 142 valence electrons. The molecule has 3 aromatic rings. The third kappa shape index (κ3) is 4.44. The minimum absolute atomic E-state index is 0.0433. The van der Waals surface area contributed by atoms with Crippen LogP contribution in [-0.4, -0.2) is 54.0 Å². The van der Waals surface area contributed by atoms with Gasteiger partial charge in [0.15, 0.2) is 0 Å². The van der Waals surface area contributed by atoms with Gasteiger partial charge in [0.25, 0.3) is 5.89 Å². The van der Waals surface area contributed by atoms with Crippen LogP contribution in [0.2, 0.25) is 0 Å². The Morgan fingerprint density at radius 3 is 2.48 bits per heavy atom. The molecule has 1 fully saturated rings. The van der Waals surface area contributed by atoms with Crippen molar-refractivity contribution in [1.82, 2.24) is 19.4 Å². The molecule has 0 spiro atoms. The van der Waals surface area contributed by atoms with Crippen molar-refractivity contribution in [2.24, 2.45) is 0 Å². The normalized spacial score (nSPS) is 16.6. The van der Waals surface area contributed by atoms with E-state index in [0.29, 0.717) is 44.5 Å². The van der Waals surface area contributed by atoms with Crippen LogP contribution < -0.4 is 0 Å². The van der Waals surface area contributed by atoms with E-state index in [9.17, 15) is 8.42 Å². The highest BCUT2D eigenvalue weighted by Crippen LogP contribution is 2.23. The van der Waals surface area contributed by atoms with Gasteiger partial charge in [-0.3, -0.25) is 4.90 Å². The van der Waals surface area contributed by atoms with Crippen LogP contribution in [0.5, 0.6) is 0 Å². The second-order valence-electron chi connectivity index (χ2n) is 6.40. The quantitative estimate of drug-likeness (QED) is 0.628. The minimum atomic E-state index is -3.30. The lowest BCUT2D eigenvalue weighted by molar-refractivity contribution is 0.168. The van der Waals surface area contributed by atoms with E-state index in [-0.39, 0.29) is 5.75 Å². The number of nitrogens with zero attached hydrogens (tertiary/aromatic N) is 4.